The molecule has 1 atom stereocenters. The lowest BCUT2D eigenvalue weighted by molar-refractivity contribution is 0.0705. The van der Waals surface area contributed by atoms with Gasteiger partial charge < -0.3 is 10.2 Å². The Hall–Kier alpha value is -3.05. The molecule has 1 N–H and O–H groups in total. The summed E-state index contributed by atoms with van der Waals surface area (Å²) in [6.45, 7) is 3.28. The molecule has 0 bridgehead atoms. The predicted molar refractivity (Wildman–Crippen MR) is 117 cm³/mol. The van der Waals surface area contributed by atoms with E-state index in [0.29, 0.717) is 6.54 Å². The molecule has 0 aliphatic carbocycles. The van der Waals surface area contributed by atoms with Crippen molar-refractivity contribution in [3.63, 3.8) is 0 Å². The van der Waals surface area contributed by atoms with Crippen LogP contribution in [0.25, 0.3) is 11.1 Å². The summed E-state index contributed by atoms with van der Waals surface area (Å²) in [4.78, 5) is 25.0. The number of benzene rings is 2. The summed E-state index contributed by atoms with van der Waals surface area (Å²) in [6, 6.07) is 18.0. The van der Waals surface area contributed by atoms with Gasteiger partial charge in [0.2, 0.25) is 0 Å². The number of nitrogens with zero attached hydrogens (tertiary/aromatic N) is 3. The first-order valence-corrected chi connectivity index (χ1v) is 10.8. The van der Waals surface area contributed by atoms with E-state index >= 15 is 0 Å². The Bertz CT molecular complexity index is 1050. The number of hydrogen-bond donors (Lipinski definition) is 1. The summed E-state index contributed by atoms with van der Waals surface area (Å²) in [6.07, 6.45) is 4.92. The number of likely N-dealkylation sites (tertiary alicyclic amines) is 1. The number of nitrogens with one attached hydrogen (secondary N) is 1. The molecule has 1 aromatic heterocycles. The number of piperidine rings is 1. The molecule has 1 amide bonds. The number of carbonyl (C=O) groups is 1. The van der Waals surface area contributed by atoms with Gasteiger partial charge in [0.05, 0.1) is 0 Å². The Morgan fingerprint density at radius 1 is 1.07 bits per heavy atom. The van der Waals surface area contributed by atoms with Crippen LogP contribution in [-0.2, 0) is 13.0 Å². The van der Waals surface area contributed by atoms with E-state index in [1.807, 2.05) is 53.6 Å². The molecule has 5 heteroatoms. The van der Waals surface area contributed by atoms with Gasteiger partial charge in [0, 0.05) is 61.5 Å². The topological polar surface area (TPSA) is 58.1 Å². The Balaban J connectivity index is 1.39. The highest BCUT2D eigenvalue weighted by molar-refractivity contribution is 6.01. The first-order chi connectivity index (χ1) is 14.8. The maximum Gasteiger partial charge on any atom is 0.254 e. The molecule has 5 nitrogen and oxygen atoms in total. The van der Waals surface area contributed by atoms with E-state index in [0.717, 1.165) is 67.1 Å². The fourth-order valence-corrected chi connectivity index (χ4v) is 4.53. The summed E-state index contributed by atoms with van der Waals surface area (Å²) in [5.74, 6) is 1.19. The number of fused-ring (bicyclic) bond motifs is 1. The van der Waals surface area contributed by atoms with Gasteiger partial charge in [-0.05, 0) is 30.0 Å². The summed E-state index contributed by atoms with van der Waals surface area (Å²) in [5.41, 5.74) is 5.19. The van der Waals surface area contributed by atoms with Crippen LogP contribution in [0.4, 0.5) is 0 Å². The molecule has 2 aliphatic rings. The number of rotatable bonds is 3. The third-order valence-corrected chi connectivity index (χ3v) is 6.14. The van der Waals surface area contributed by atoms with E-state index in [1.54, 1.807) is 0 Å². The molecule has 152 valence electrons. The largest absolute Gasteiger partial charge is 0.338 e. The van der Waals surface area contributed by atoms with E-state index in [4.69, 9.17) is 4.98 Å². The van der Waals surface area contributed by atoms with Gasteiger partial charge in [-0.25, -0.2) is 9.97 Å². The zero-order valence-corrected chi connectivity index (χ0v) is 17.1. The Morgan fingerprint density at radius 2 is 1.90 bits per heavy atom. The molecular weight excluding hydrogens is 372 g/mol. The van der Waals surface area contributed by atoms with Crippen molar-refractivity contribution >= 4 is 5.91 Å². The average Bonchev–Trinajstić information content (AvgIpc) is 2.84. The van der Waals surface area contributed by atoms with Crippen LogP contribution in [0.1, 0.15) is 46.2 Å². The summed E-state index contributed by atoms with van der Waals surface area (Å²) in [7, 11) is 0. The van der Waals surface area contributed by atoms with Gasteiger partial charge in [-0.15, -0.1) is 0 Å². The smallest absolute Gasteiger partial charge is 0.254 e. The van der Waals surface area contributed by atoms with Gasteiger partial charge in [0.25, 0.3) is 5.91 Å². The maximum absolute atomic E-state index is 13.5. The van der Waals surface area contributed by atoms with Crippen molar-refractivity contribution in [2.45, 2.75) is 31.7 Å². The fourth-order valence-electron chi connectivity index (χ4n) is 4.53. The molecule has 0 saturated carbocycles. The highest BCUT2D eigenvalue weighted by Crippen LogP contribution is 2.29. The second-order valence-electron chi connectivity index (χ2n) is 8.13. The van der Waals surface area contributed by atoms with E-state index in [9.17, 15) is 4.79 Å². The van der Waals surface area contributed by atoms with E-state index in [2.05, 4.69) is 22.4 Å². The van der Waals surface area contributed by atoms with Crippen molar-refractivity contribution in [2.75, 3.05) is 19.6 Å². The van der Waals surface area contributed by atoms with Gasteiger partial charge in [0.1, 0.15) is 5.82 Å². The lowest BCUT2D eigenvalue weighted by Crippen LogP contribution is -2.40. The lowest BCUT2D eigenvalue weighted by Gasteiger charge is -2.33. The van der Waals surface area contributed by atoms with Crippen molar-refractivity contribution in [1.82, 2.24) is 20.2 Å². The minimum Gasteiger partial charge on any atom is -0.338 e. The van der Waals surface area contributed by atoms with E-state index in [1.165, 1.54) is 5.56 Å². The minimum atomic E-state index is 0.0984. The summed E-state index contributed by atoms with van der Waals surface area (Å²) >= 11 is 0. The number of hydrogen-bond acceptors (Lipinski definition) is 4. The lowest BCUT2D eigenvalue weighted by atomic mass is 9.94. The van der Waals surface area contributed by atoms with Crippen LogP contribution in [-0.4, -0.2) is 40.4 Å². The van der Waals surface area contributed by atoms with Crippen LogP contribution in [0.15, 0.2) is 60.8 Å². The normalized spacial score (nSPS) is 18.7. The molecule has 0 unspecified atom stereocenters. The van der Waals surface area contributed by atoms with Gasteiger partial charge in [-0.3, -0.25) is 4.79 Å². The highest BCUT2D eigenvalue weighted by Gasteiger charge is 2.29. The fraction of sp³-hybridized carbons (Fsp3) is 0.320. The predicted octanol–water partition coefficient (Wildman–Crippen LogP) is 3.81. The van der Waals surface area contributed by atoms with Crippen molar-refractivity contribution in [3.05, 3.63) is 83.4 Å². The molecule has 0 radical (unpaired) electrons. The summed E-state index contributed by atoms with van der Waals surface area (Å²) in [5, 5.41) is 3.37. The third-order valence-electron chi connectivity index (χ3n) is 6.14. The van der Waals surface area contributed by atoms with Crippen molar-refractivity contribution in [1.29, 1.82) is 0 Å². The van der Waals surface area contributed by atoms with Crippen LogP contribution in [0.5, 0.6) is 0 Å². The quantitative estimate of drug-likeness (QED) is 0.729. The van der Waals surface area contributed by atoms with Crippen LogP contribution < -0.4 is 5.32 Å². The molecule has 30 heavy (non-hydrogen) atoms. The second-order valence-corrected chi connectivity index (χ2v) is 8.13. The third kappa shape index (κ3) is 3.73. The van der Waals surface area contributed by atoms with Crippen LogP contribution in [0, 0.1) is 0 Å². The standard InChI is InChI=1S/C25H26N4O/c30-25(22-11-5-4-10-21(22)18-7-2-1-3-8-18)29-14-6-9-19(17-29)24-27-16-20-15-26-13-12-23(20)28-24/h1-5,7-8,10-11,16,19,26H,6,9,12-15,17H2/t19-/m1/s1. The molecule has 1 saturated heterocycles. The van der Waals surface area contributed by atoms with Gasteiger partial charge >= 0.3 is 0 Å². The number of amides is 1. The van der Waals surface area contributed by atoms with Gasteiger partial charge in [0.15, 0.2) is 0 Å². The first-order valence-electron chi connectivity index (χ1n) is 10.8. The molecule has 1 fully saturated rings. The molecule has 3 heterocycles. The molecule has 2 aliphatic heterocycles. The molecule has 5 rings (SSSR count). The zero-order valence-electron chi connectivity index (χ0n) is 17.1. The molecule has 2 aromatic carbocycles. The van der Waals surface area contributed by atoms with Crippen LogP contribution in [0.3, 0.4) is 0 Å². The Kier molecular flexibility index (Phi) is 5.28. The SMILES string of the molecule is O=C(c1ccccc1-c1ccccc1)N1CCC[C@@H](c2ncc3c(n2)CCNC3)C1. The average molecular weight is 399 g/mol. The van der Waals surface area contributed by atoms with Crippen LogP contribution in [0.2, 0.25) is 0 Å². The number of aromatic nitrogens is 2. The Morgan fingerprint density at radius 3 is 2.80 bits per heavy atom. The van der Waals surface area contributed by atoms with Gasteiger partial charge in [-0.2, -0.15) is 0 Å². The first kappa shape index (κ1) is 18.9. The highest BCUT2D eigenvalue weighted by atomic mass is 16.2. The number of carbonyl (C=O) groups excluding carboxylic acids is 1. The molecule has 3 aromatic rings. The second kappa shape index (κ2) is 8.36. The van der Waals surface area contributed by atoms with Crippen molar-refractivity contribution in [3.8, 4) is 11.1 Å². The van der Waals surface area contributed by atoms with Gasteiger partial charge in [-0.1, -0.05) is 48.5 Å². The van der Waals surface area contributed by atoms with Crippen molar-refractivity contribution < 1.29 is 4.79 Å². The Labute approximate surface area is 177 Å². The van der Waals surface area contributed by atoms with Crippen molar-refractivity contribution in [2.24, 2.45) is 0 Å². The minimum absolute atomic E-state index is 0.0984. The zero-order chi connectivity index (χ0) is 20.3. The van der Waals surface area contributed by atoms with E-state index < -0.39 is 0 Å². The monoisotopic (exact) mass is 398 g/mol. The summed E-state index contributed by atoms with van der Waals surface area (Å²) < 4.78 is 0. The van der Waals surface area contributed by atoms with Crippen LogP contribution >= 0.6 is 0 Å². The molecular formula is C25H26N4O. The van der Waals surface area contributed by atoms with E-state index in [-0.39, 0.29) is 11.8 Å². The maximum atomic E-state index is 13.5. The molecule has 0 spiro atoms.